The third-order valence-corrected chi connectivity index (χ3v) is 3.08. The van der Waals surface area contributed by atoms with E-state index in [1.54, 1.807) is 18.2 Å². The molecule has 0 saturated carbocycles. The van der Waals surface area contributed by atoms with Crippen molar-refractivity contribution >= 4 is 23.2 Å². The van der Waals surface area contributed by atoms with Gasteiger partial charge in [-0.05, 0) is 36.4 Å². The predicted octanol–water partition coefficient (Wildman–Crippen LogP) is 4.29. The number of hydrogen-bond donors (Lipinski definition) is 1. The second kappa shape index (κ2) is 6.80. The second-order valence-electron chi connectivity index (χ2n) is 4.24. The van der Waals surface area contributed by atoms with Crippen LogP contribution in [0.25, 0.3) is 0 Å². The Morgan fingerprint density at radius 2 is 1.53 bits per heavy atom. The third kappa shape index (κ3) is 4.43. The minimum Gasteiger partial charge on any atom is -0.489 e. The van der Waals surface area contributed by atoms with Crippen LogP contribution in [-0.2, 0) is 13.2 Å². The van der Waals surface area contributed by atoms with Gasteiger partial charge in [0.15, 0.2) is 0 Å². The van der Waals surface area contributed by atoms with Crippen molar-refractivity contribution in [2.45, 2.75) is 13.2 Å². The zero-order valence-corrected chi connectivity index (χ0v) is 12.1. The van der Waals surface area contributed by atoms with Crippen molar-refractivity contribution in [2.24, 2.45) is 0 Å². The number of ether oxygens (including phenoxy) is 1. The van der Waals surface area contributed by atoms with Crippen LogP contribution < -0.4 is 10.1 Å². The third-order valence-electron chi connectivity index (χ3n) is 2.65. The fourth-order valence-electron chi connectivity index (χ4n) is 1.74. The Morgan fingerprint density at radius 1 is 0.947 bits per heavy atom. The molecule has 0 fully saturated rings. The summed E-state index contributed by atoms with van der Waals surface area (Å²) in [6, 6.07) is 13.5. The number of hydrogen-bond acceptors (Lipinski definition) is 2. The maximum Gasteiger partial charge on any atom is 0.122 e. The van der Waals surface area contributed by atoms with Gasteiger partial charge < -0.3 is 10.1 Å². The van der Waals surface area contributed by atoms with E-state index >= 15 is 0 Å². The first kappa shape index (κ1) is 14.2. The van der Waals surface area contributed by atoms with Crippen LogP contribution in [0.5, 0.6) is 5.75 Å². The minimum atomic E-state index is 0.497. The molecular formula is C15H15Cl2NO. The molecule has 100 valence electrons. The molecule has 4 heteroatoms. The molecule has 19 heavy (non-hydrogen) atoms. The van der Waals surface area contributed by atoms with Gasteiger partial charge >= 0.3 is 0 Å². The normalized spacial score (nSPS) is 10.5. The average Bonchev–Trinajstić information content (AvgIpc) is 2.37. The Hall–Kier alpha value is -1.22. The van der Waals surface area contributed by atoms with Gasteiger partial charge in [0.25, 0.3) is 0 Å². The maximum atomic E-state index is 5.92. The van der Waals surface area contributed by atoms with Crippen molar-refractivity contribution in [3.8, 4) is 5.75 Å². The number of rotatable bonds is 5. The van der Waals surface area contributed by atoms with Crippen LogP contribution in [-0.4, -0.2) is 7.05 Å². The minimum absolute atomic E-state index is 0.497. The van der Waals surface area contributed by atoms with Gasteiger partial charge in [0.1, 0.15) is 12.4 Å². The smallest absolute Gasteiger partial charge is 0.122 e. The molecule has 0 aromatic heterocycles. The predicted molar refractivity (Wildman–Crippen MR) is 80.0 cm³/mol. The van der Waals surface area contributed by atoms with Crippen LogP contribution in [0.15, 0.2) is 42.5 Å². The van der Waals surface area contributed by atoms with Gasteiger partial charge in [-0.2, -0.15) is 0 Å². The van der Waals surface area contributed by atoms with Gasteiger partial charge in [0, 0.05) is 16.6 Å². The fourth-order valence-corrected chi connectivity index (χ4v) is 2.24. The summed E-state index contributed by atoms with van der Waals surface area (Å²) in [5, 5.41) is 4.26. The van der Waals surface area contributed by atoms with Crippen molar-refractivity contribution in [1.82, 2.24) is 5.32 Å². The van der Waals surface area contributed by atoms with Crippen molar-refractivity contribution in [2.75, 3.05) is 7.05 Å². The Morgan fingerprint density at radius 3 is 2.11 bits per heavy atom. The number of halogens is 2. The molecule has 0 amide bonds. The molecule has 2 nitrogen and oxygen atoms in total. The fraction of sp³-hybridized carbons (Fsp3) is 0.200. The summed E-state index contributed by atoms with van der Waals surface area (Å²) >= 11 is 11.8. The molecule has 0 aliphatic carbocycles. The van der Waals surface area contributed by atoms with Crippen molar-refractivity contribution in [3.05, 3.63) is 63.6 Å². The van der Waals surface area contributed by atoms with Crippen molar-refractivity contribution in [3.63, 3.8) is 0 Å². The zero-order valence-electron chi connectivity index (χ0n) is 10.6. The van der Waals surface area contributed by atoms with Gasteiger partial charge in [-0.25, -0.2) is 0 Å². The van der Waals surface area contributed by atoms with E-state index in [-0.39, 0.29) is 0 Å². The molecule has 0 bridgehead atoms. The molecule has 0 heterocycles. The first-order chi connectivity index (χ1) is 9.17. The highest BCUT2D eigenvalue weighted by molar-refractivity contribution is 6.34. The van der Waals surface area contributed by atoms with E-state index in [1.807, 2.05) is 7.05 Å². The summed E-state index contributed by atoms with van der Waals surface area (Å²) in [6.45, 7) is 1.36. The SMILES string of the molecule is CNCc1ccc(COc2cc(Cl)cc(Cl)c2)cc1. The Balaban J connectivity index is 1.98. The van der Waals surface area contributed by atoms with E-state index in [1.165, 1.54) is 5.56 Å². The largest absolute Gasteiger partial charge is 0.489 e. The molecule has 0 aliphatic rings. The monoisotopic (exact) mass is 295 g/mol. The molecule has 1 N–H and O–H groups in total. The highest BCUT2D eigenvalue weighted by Gasteiger charge is 2.00. The highest BCUT2D eigenvalue weighted by atomic mass is 35.5. The topological polar surface area (TPSA) is 21.3 Å². The van der Waals surface area contributed by atoms with Crippen LogP contribution in [0, 0.1) is 0 Å². The summed E-state index contributed by atoms with van der Waals surface area (Å²) in [5.74, 6) is 0.678. The van der Waals surface area contributed by atoms with E-state index in [4.69, 9.17) is 27.9 Å². The van der Waals surface area contributed by atoms with Crippen LogP contribution in [0.1, 0.15) is 11.1 Å². The quantitative estimate of drug-likeness (QED) is 0.888. The molecule has 2 rings (SSSR count). The molecule has 2 aromatic rings. The van der Waals surface area contributed by atoms with Crippen LogP contribution in [0.3, 0.4) is 0 Å². The van der Waals surface area contributed by atoms with E-state index in [9.17, 15) is 0 Å². The summed E-state index contributed by atoms with van der Waals surface area (Å²) < 4.78 is 5.67. The van der Waals surface area contributed by atoms with E-state index < -0.39 is 0 Å². The van der Waals surface area contributed by atoms with Gasteiger partial charge in [-0.1, -0.05) is 47.5 Å². The van der Waals surface area contributed by atoms with E-state index in [0.717, 1.165) is 12.1 Å². The van der Waals surface area contributed by atoms with Gasteiger partial charge in [-0.15, -0.1) is 0 Å². The summed E-state index contributed by atoms with van der Waals surface area (Å²) in [5.41, 5.74) is 2.35. The van der Waals surface area contributed by atoms with Gasteiger partial charge in [0.2, 0.25) is 0 Å². The summed E-state index contributed by atoms with van der Waals surface area (Å²) in [4.78, 5) is 0. The highest BCUT2D eigenvalue weighted by Crippen LogP contribution is 2.24. The molecule has 0 spiro atoms. The first-order valence-electron chi connectivity index (χ1n) is 5.98. The van der Waals surface area contributed by atoms with Crippen molar-refractivity contribution < 1.29 is 4.74 Å². The molecule has 0 aliphatic heterocycles. The number of benzene rings is 2. The molecule has 2 aromatic carbocycles. The lowest BCUT2D eigenvalue weighted by molar-refractivity contribution is 0.306. The summed E-state index contributed by atoms with van der Waals surface area (Å²) in [6.07, 6.45) is 0. The van der Waals surface area contributed by atoms with Gasteiger partial charge in [0.05, 0.1) is 0 Å². The Bertz CT molecular complexity index is 520. The number of nitrogens with one attached hydrogen (secondary N) is 1. The van der Waals surface area contributed by atoms with Crippen LogP contribution in [0.4, 0.5) is 0 Å². The maximum absolute atomic E-state index is 5.92. The summed E-state index contributed by atoms with van der Waals surface area (Å²) in [7, 11) is 1.93. The molecular weight excluding hydrogens is 281 g/mol. The molecule has 0 unspecified atom stereocenters. The van der Waals surface area contributed by atoms with Crippen molar-refractivity contribution in [1.29, 1.82) is 0 Å². The second-order valence-corrected chi connectivity index (χ2v) is 5.11. The van der Waals surface area contributed by atoms with E-state index in [0.29, 0.717) is 22.4 Å². The average molecular weight is 296 g/mol. The Kier molecular flexibility index (Phi) is 5.08. The zero-order chi connectivity index (χ0) is 13.7. The lowest BCUT2D eigenvalue weighted by Crippen LogP contribution is -2.05. The molecule has 0 radical (unpaired) electrons. The molecule has 0 atom stereocenters. The van der Waals surface area contributed by atoms with E-state index in [2.05, 4.69) is 29.6 Å². The Labute approximate surface area is 123 Å². The van der Waals surface area contributed by atoms with Gasteiger partial charge in [-0.3, -0.25) is 0 Å². The first-order valence-corrected chi connectivity index (χ1v) is 6.74. The van der Waals surface area contributed by atoms with Crippen LogP contribution in [0.2, 0.25) is 10.0 Å². The standard InChI is InChI=1S/C15H15Cl2NO/c1-18-9-11-2-4-12(5-3-11)10-19-15-7-13(16)6-14(17)8-15/h2-8,18H,9-10H2,1H3. The van der Waals surface area contributed by atoms with Crippen LogP contribution >= 0.6 is 23.2 Å². The lowest BCUT2D eigenvalue weighted by atomic mass is 10.1. The molecule has 0 saturated heterocycles. The lowest BCUT2D eigenvalue weighted by Gasteiger charge is -2.08.